The van der Waals surface area contributed by atoms with Crippen molar-refractivity contribution < 1.29 is 8.42 Å². The standard InChI is InChI=1S/C20H20N4O2S2/c1-14-6-4-10-24(13-14)20-19(22-15-7-2-3-8-16(15)23-20)17(12-21)28(25,26)18-9-5-11-27-18/h2-3,5,7-9,11,14,17H,4,6,10,13H2,1H3/t14-,17+/m0/s1. The first kappa shape index (κ1) is 18.8. The predicted octanol–water partition coefficient (Wildman–Crippen LogP) is 3.97. The van der Waals surface area contributed by atoms with Gasteiger partial charge in [-0.1, -0.05) is 25.1 Å². The number of hydrogen-bond acceptors (Lipinski definition) is 7. The Bertz CT molecular complexity index is 1140. The maximum absolute atomic E-state index is 13.2. The van der Waals surface area contributed by atoms with Gasteiger partial charge in [0, 0.05) is 13.1 Å². The van der Waals surface area contributed by atoms with Crippen LogP contribution in [-0.2, 0) is 9.84 Å². The summed E-state index contributed by atoms with van der Waals surface area (Å²) in [6.07, 6.45) is 2.13. The van der Waals surface area contributed by atoms with Crippen LogP contribution in [0.2, 0.25) is 0 Å². The highest BCUT2D eigenvalue weighted by Crippen LogP contribution is 2.36. The fourth-order valence-corrected chi connectivity index (χ4v) is 6.15. The number of benzene rings is 1. The van der Waals surface area contributed by atoms with Gasteiger partial charge >= 0.3 is 0 Å². The zero-order chi connectivity index (χ0) is 19.7. The second-order valence-electron chi connectivity index (χ2n) is 7.10. The highest BCUT2D eigenvalue weighted by atomic mass is 32.2. The molecule has 144 valence electrons. The molecule has 0 N–H and O–H groups in total. The summed E-state index contributed by atoms with van der Waals surface area (Å²) in [5.41, 5.74) is 1.52. The molecule has 1 saturated heterocycles. The summed E-state index contributed by atoms with van der Waals surface area (Å²) < 4.78 is 26.5. The van der Waals surface area contributed by atoms with E-state index in [0.29, 0.717) is 22.8 Å². The molecule has 8 heteroatoms. The Kier molecular flexibility index (Phi) is 5.04. The molecule has 2 aromatic heterocycles. The van der Waals surface area contributed by atoms with Crippen molar-refractivity contribution in [3.05, 3.63) is 47.5 Å². The lowest BCUT2D eigenvalue weighted by atomic mass is 10.00. The van der Waals surface area contributed by atoms with E-state index < -0.39 is 15.1 Å². The largest absolute Gasteiger partial charge is 0.355 e. The van der Waals surface area contributed by atoms with Gasteiger partial charge in [-0.25, -0.2) is 18.4 Å². The third kappa shape index (κ3) is 3.36. The van der Waals surface area contributed by atoms with Crippen LogP contribution in [0.15, 0.2) is 46.0 Å². The number of anilines is 1. The second-order valence-corrected chi connectivity index (χ2v) is 10.3. The van der Waals surface area contributed by atoms with E-state index in [1.165, 1.54) is 6.07 Å². The van der Waals surface area contributed by atoms with Crippen LogP contribution >= 0.6 is 11.3 Å². The molecule has 0 aliphatic carbocycles. The van der Waals surface area contributed by atoms with E-state index in [1.54, 1.807) is 17.5 Å². The summed E-state index contributed by atoms with van der Waals surface area (Å²) in [6, 6.07) is 12.6. The Morgan fingerprint density at radius 2 is 1.96 bits per heavy atom. The van der Waals surface area contributed by atoms with Gasteiger partial charge in [0.1, 0.15) is 9.90 Å². The Balaban J connectivity index is 1.91. The number of rotatable bonds is 4. The summed E-state index contributed by atoms with van der Waals surface area (Å²) in [7, 11) is -3.88. The first-order valence-corrected chi connectivity index (χ1v) is 11.6. The quantitative estimate of drug-likeness (QED) is 0.644. The Hall–Kier alpha value is -2.50. The van der Waals surface area contributed by atoms with E-state index in [4.69, 9.17) is 4.98 Å². The number of piperidine rings is 1. The van der Waals surface area contributed by atoms with Gasteiger partial charge in [-0.2, -0.15) is 5.26 Å². The van der Waals surface area contributed by atoms with Crippen LogP contribution in [0.1, 0.15) is 30.7 Å². The molecule has 0 unspecified atom stereocenters. The SMILES string of the molecule is C[C@H]1CCCN(c2nc3ccccc3nc2[C@@H](C#N)S(=O)(=O)c2cccs2)C1. The molecular formula is C20H20N4O2S2. The number of nitrogens with zero attached hydrogens (tertiary/aromatic N) is 4. The molecule has 0 spiro atoms. The molecule has 1 fully saturated rings. The van der Waals surface area contributed by atoms with Gasteiger partial charge in [-0.3, -0.25) is 0 Å². The Morgan fingerprint density at radius 1 is 1.21 bits per heavy atom. The highest BCUT2D eigenvalue weighted by molar-refractivity contribution is 7.93. The van der Waals surface area contributed by atoms with Gasteiger partial charge in [-0.05, 0) is 42.3 Å². The summed E-state index contributed by atoms with van der Waals surface area (Å²) >= 11 is 1.11. The average Bonchev–Trinajstić information content (AvgIpc) is 3.23. The van der Waals surface area contributed by atoms with Crippen LogP contribution in [0.4, 0.5) is 5.82 Å². The Morgan fingerprint density at radius 3 is 2.61 bits per heavy atom. The molecule has 2 atom stereocenters. The molecule has 1 aliphatic rings. The van der Waals surface area contributed by atoms with Crippen molar-refractivity contribution in [3.63, 3.8) is 0 Å². The lowest BCUT2D eigenvalue weighted by Crippen LogP contribution is -2.36. The molecule has 0 saturated carbocycles. The Labute approximate surface area is 168 Å². The minimum absolute atomic E-state index is 0.173. The van der Waals surface area contributed by atoms with Crippen molar-refractivity contribution in [2.24, 2.45) is 5.92 Å². The number of aromatic nitrogens is 2. The number of nitriles is 1. The zero-order valence-corrected chi connectivity index (χ0v) is 17.1. The van der Waals surface area contributed by atoms with Crippen LogP contribution in [0.5, 0.6) is 0 Å². The minimum atomic E-state index is -3.88. The summed E-state index contributed by atoms with van der Waals surface area (Å²) in [5, 5.41) is 10.2. The zero-order valence-electron chi connectivity index (χ0n) is 15.4. The van der Waals surface area contributed by atoms with E-state index in [2.05, 4.69) is 16.8 Å². The first-order valence-electron chi connectivity index (χ1n) is 9.19. The van der Waals surface area contributed by atoms with E-state index in [0.717, 1.165) is 37.3 Å². The van der Waals surface area contributed by atoms with Crippen molar-refractivity contribution in [3.8, 4) is 6.07 Å². The van der Waals surface area contributed by atoms with Gasteiger partial charge in [-0.15, -0.1) is 11.3 Å². The monoisotopic (exact) mass is 412 g/mol. The maximum Gasteiger partial charge on any atom is 0.209 e. The average molecular weight is 413 g/mol. The number of hydrogen-bond donors (Lipinski definition) is 0. The lowest BCUT2D eigenvalue weighted by Gasteiger charge is -2.33. The third-order valence-electron chi connectivity index (χ3n) is 4.99. The topological polar surface area (TPSA) is 86.9 Å². The molecule has 4 rings (SSSR count). The van der Waals surface area contributed by atoms with Crippen molar-refractivity contribution in [2.45, 2.75) is 29.2 Å². The maximum atomic E-state index is 13.2. The summed E-state index contributed by atoms with van der Waals surface area (Å²) in [4.78, 5) is 11.5. The number of fused-ring (bicyclic) bond motifs is 1. The number of para-hydroxylation sites is 2. The predicted molar refractivity (Wildman–Crippen MR) is 110 cm³/mol. The van der Waals surface area contributed by atoms with Crippen LogP contribution in [0.3, 0.4) is 0 Å². The van der Waals surface area contributed by atoms with Gasteiger partial charge in [0.2, 0.25) is 9.84 Å². The summed E-state index contributed by atoms with van der Waals surface area (Å²) in [5.74, 6) is 0.987. The lowest BCUT2D eigenvalue weighted by molar-refractivity contribution is 0.444. The first-order chi connectivity index (χ1) is 13.5. The molecular weight excluding hydrogens is 392 g/mol. The van der Waals surface area contributed by atoms with Crippen LogP contribution in [0, 0.1) is 17.2 Å². The molecule has 0 radical (unpaired) electrons. The van der Waals surface area contributed by atoms with Crippen molar-refractivity contribution in [1.82, 2.24) is 9.97 Å². The molecule has 0 bridgehead atoms. The summed E-state index contributed by atoms with van der Waals surface area (Å²) in [6.45, 7) is 3.73. The van der Waals surface area contributed by atoms with E-state index in [9.17, 15) is 13.7 Å². The van der Waals surface area contributed by atoms with E-state index in [1.807, 2.05) is 24.3 Å². The van der Waals surface area contributed by atoms with E-state index >= 15 is 0 Å². The molecule has 1 aromatic carbocycles. The van der Waals surface area contributed by atoms with Crippen molar-refractivity contribution in [2.75, 3.05) is 18.0 Å². The van der Waals surface area contributed by atoms with Gasteiger partial charge in [0.15, 0.2) is 11.1 Å². The highest BCUT2D eigenvalue weighted by Gasteiger charge is 2.36. The molecule has 28 heavy (non-hydrogen) atoms. The van der Waals surface area contributed by atoms with Gasteiger partial charge in [0.25, 0.3) is 0 Å². The fraction of sp³-hybridized carbons (Fsp3) is 0.350. The molecule has 3 aromatic rings. The smallest absolute Gasteiger partial charge is 0.209 e. The molecule has 0 amide bonds. The van der Waals surface area contributed by atoms with E-state index in [-0.39, 0.29) is 9.90 Å². The van der Waals surface area contributed by atoms with Crippen LogP contribution < -0.4 is 4.90 Å². The normalized spacial score (nSPS) is 18.7. The number of sulfone groups is 1. The van der Waals surface area contributed by atoms with Crippen LogP contribution in [-0.4, -0.2) is 31.5 Å². The molecule has 3 heterocycles. The van der Waals surface area contributed by atoms with Crippen molar-refractivity contribution >= 4 is 38.0 Å². The third-order valence-corrected chi connectivity index (χ3v) is 8.28. The van der Waals surface area contributed by atoms with Crippen molar-refractivity contribution in [1.29, 1.82) is 5.26 Å². The number of thiophene rings is 1. The molecule has 6 nitrogen and oxygen atoms in total. The second kappa shape index (κ2) is 7.49. The fourth-order valence-electron chi connectivity index (χ4n) is 3.61. The molecule has 1 aliphatic heterocycles. The van der Waals surface area contributed by atoms with Crippen LogP contribution in [0.25, 0.3) is 11.0 Å². The minimum Gasteiger partial charge on any atom is -0.355 e. The van der Waals surface area contributed by atoms with Gasteiger partial charge < -0.3 is 4.90 Å². The van der Waals surface area contributed by atoms with Gasteiger partial charge in [0.05, 0.1) is 17.1 Å².